The predicted octanol–water partition coefficient (Wildman–Crippen LogP) is 3.39. The standard InChI is InChI=1S/C15H22N2O2/c1-4-12(8-11-5-6-11)17-13-7-9(2)16-10(3)14(13)15(18)19/h7,11-12H,4-6,8H2,1-3H3,(H,16,17)(H,18,19). The van der Waals surface area contributed by atoms with Crippen LogP contribution in [0, 0.1) is 19.8 Å². The van der Waals surface area contributed by atoms with Crippen LogP contribution < -0.4 is 5.32 Å². The summed E-state index contributed by atoms with van der Waals surface area (Å²) in [6, 6.07) is 2.19. The number of carbonyl (C=O) groups is 1. The Morgan fingerprint density at radius 2 is 2.21 bits per heavy atom. The second kappa shape index (κ2) is 5.59. The molecule has 4 heteroatoms. The van der Waals surface area contributed by atoms with Gasteiger partial charge in [-0.2, -0.15) is 0 Å². The highest BCUT2D eigenvalue weighted by Gasteiger charge is 2.25. The number of nitrogens with zero attached hydrogens (tertiary/aromatic N) is 1. The van der Waals surface area contributed by atoms with Gasteiger partial charge in [-0.3, -0.25) is 4.98 Å². The van der Waals surface area contributed by atoms with E-state index in [4.69, 9.17) is 0 Å². The lowest BCUT2D eigenvalue weighted by Crippen LogP contribution is -2.21. The van der Waals surface area contributed by atoms with E-state index in [0.717, 1.165) is 24.5 Å². The largest absolute Gasteiger partial charge is 0.478 e. The van der Waals surface area contributed by atoms with Crippen LogP contribution in [0.2, 0.25) is 0 Å². The Morgan fingerprint density at radius 3 is 2.74 bits per heavy atom. The summed E-state index contributed by atoms with van der Waals surface area (Å²) >= 11 is 0. The first-order valence-electron chi connectivity index (χ1n) is 6.99. The third-order valence-electron chi connectivity index (χ3n) is 3.71. The van der Waals surface area contributed by atoms with Crippen molar-refractivity contribution in [3.8, 4) is 0 Å². The summed E-state index contributed by atoms with van der Waals surface area (Å²) in [5.41, 5.74) is 2.45. The summed E-state index contributed by atoms with van der Waals surface area (Å²) in [6.07, 6.45) is 4.78. The molecule has 1 saturated carbocycles. The van der Waals surface area contributed by atoms with Gasteiger partial charge in [0.2, 0.25) is 0 Å². The Labute approximate surface area is 114 Å². The van der Waals surface area contributed by atoms with Crippen molar-refractivity contribution < 1.29 is 9.90 Å². The first-order valence-corrected chi connectivity index (χ1v) is 6.99. The number of hydrogen-bond donors (Lipinski definition) is 2. The number of nitrogens with one attached hydrogen (secondary N) is 1. The molecule has 1 aromatic heterocycles. The molecule has 0 aromatic carbocycles. The van der Waals surface area contributed by atoms with Gasteiger partial charge >= 0.3 is 5.97 Å². The average Bonchev–Trinajstić information content (AvgIpc) is 3.10. The van der Waals surface area contributed by atoms with Crippen LogP contribution in [-0.4, -0.2) is 22.1 Å². The Hall–Kier alpha value is -1.58. The van der Waals surface area contributed by atoms with Crippen molar-refractivity contribution in [3.05, 3.63) is 23.0 Å². The fraction of sp³-hybridized carbons (Fsp3) is 0.600. The minimum atomic E-state index is -0.909. The third-order valence-corrected chi connectivity index (χ3v) is 3.71. The lowest BCUT2D eigenvalue weighted by molar-refractivity contribution is 0.0696. The van der Waals surface area contributed by atoms with E-state index in [1.54, 1.807) is 6.92 Å². The Balaban J connectivity index is 2.23. The second-order valence-electron chi connectivity index (χ2n) is 5.51. The summed E-state index contributed by atoms with van der Waals surface area (Å²) in [7, 11) is 0. The van der Waals surface area contributed by atoms with Crippen LogP contribution in [0.15, 0.2) is 6.07 Å². The van der Waals surface area contributed by atoms with Gasteiger partial charge in [0.05, 0.1) is 11.4 Å². The fourth-order valence-electron chi connectivity index (χ4n) is 2.52. The van der Waals surface area contributed by atoms with E-state index in [0.29, 0.717) is 23.0 Å². The quantitative estimate of drug-likeness (QED) is 0.825. The van der Waals surface area contributed by atoms with Crippen molar-refractivity contribution in [2.45, 2.75) is 52.5 Å². The van der Waals surface area contributed by atoms with Crippen molar-refractivity contribution in [1.29, 1.82) is 0 Å². The second-order valence-corrected chi connectivity index (χ2v) is 5.51. The SMILES string of the molecule is CCC(CC1CC1)Nc1cc(C)nc(C)c1C(=O)O. The van der Waals surface area contributed by atoms with Crippen molar-refractivity contribution in [2.24, 2.45) is 5.92 Å². The van der Waals surface area contributed by atoms with E-state index in [9.17, 15) is 9.90 Å². The van der Waals surface area contributed by atoms with Gasteiger partial charge in [0.1, 0.15) is 5.56 Å². The van der Waals surface area contributed by atoms with Gasteiger partial charge in [-0.05, 0) is 38.7 Å². The summed E-state index contributed by atoms with van der Waals surface area (Å²) in [6.45, 7) is 5.79. The van der Waals surface area contributed by atoms with Gasteiger partial charge in [-0.25, -0.2) is 4.79 Å². The Kier molecular flexibility index (Phi) is 4.08. The molecule has 1 aliphatic carbocycles. The minimum absolute atomic E-state index is 0.305. The van der Waals surface area contributed by atoms with Gasteiger partial charge in [0, 0.05) is 11.7 Å². The smallest absolute Gasteiger partial charge is 0.339 e. The number of carboxylic acid groups (broad SMARTS) is 1. The van der Waals surface area contributed by atoms with Crippen molar-refractivity contribution >= 4 is 11.7 Å². The van der Waals surface area contributed by atoms with Gasteiger partial charge in [-0.15, -0.1) is 0 Å². The third kappa shape index (κ3) is 3.46. The Bertz CT molecular complexity index is 481. The summed E-state index contributed by atoms with van der Waals surface area (Å²) in [5, 5.41) is 12.7. The number of rotatable bonds is 6. The van der Waals surface area contributed by atoms with Crippen LogP contribution in [0.3, 0.4) is 0 Å². The number of hydrogen-bond acceptors (Lipinski definition) is 3. The zero-order chi connectivity index (χ0) is 14.0. The van der Waals surface area contributed by atoms with Gasteiger partial charge in [-0.1, -0.05) is 19.8 Å². The van der Waals surface area contributed by atoms with Gasteiger partial charge < -0.3 is 10.4 Å². The van der Waals surface area contributed by atoms with Crippen molar-refractivity contribution in [1.82, 2.24) is 4.98 Å². The lowest BCUT2D eigenvalue weighted by Gasteiger charge is -2.20. The molecule has 0 radical (unpaired) electrons. The maximum Gasteiger partial charge on any atom is 0.339 e. The van der Waals surface area contributed by atoms with E-state index in [1.165, 1.54) is 12.8 Å². The molecule has 1 atom stereocenters. The molecule has 4 nitrogen and oxygen atoms in total. The molecule has 1 unspecified atom stereocenters. The molecular weight excluding hydrogens is 240 g/mol. The van der Waals surface area contributed by atoms with Crippen LogP contribution >= 0.6 is 0 Å². The van der Waals surface area contributed by atoms with E-state index < -0.39 is 5.97 Å². The molecule has 0 amide bonds. The average molecular weight is 262 g/mol. The molecule has 104 valence electrons. The zero-order valence-corrected chi connectivity index (χ0v) is 11.9. The van der Waals surface area contributed by atoms with Crippen molar-refractivity contribution in [3.63, 3.8) is 0 Å². The molecule has 0 bridgehead atoms. The molecular formula is C15H22N2O2. The van der Waals surface area contributed by atoms with Crippen LogP contribution in [0.25, 0.3) is 0 Å². The maximum absolute atomic E-state index is 11.4. The zero-order valence-electron chi connectivity index (χ0n) is 11.9. The molecule has 2 rings (SSSR count). The van der Waals surface area contributed by atoms with Crippen LogP contribution in [0.1, 0.15) is 54.4 Å². The van der Waals surface area contributed by atoms with Gasteiger partial charge in [0.25, 0.3) is 0 Å². The van der Waals surface area contributed by atoms with Gasteiger partial charge in [0.15, 0.2) is 0 Å². The molecule has 1 aromatic rings. The molecule has 19 heavy (non-hydrogen) atoms. The van der Waals surface area contributed by atoms with Crippen LogP contribution in [0.5, 0.6) is 0 Å². The number of carboxylic acids is 1. The topological polar surface area (TPSA) is 62.2 Å². The Morgan fingerprint density at radius 1 is 1.53 bits per heavy atom. The summed E-state index contributed by atoms with van der Waals surface area (Å²) < 4.78 is 0. The highest BCUT2D eigenvalue weighted by atomic mass is 16.4. The molecule has 2 N–H and O–H groups in total. The van der Waals surface area contributed by atoms with Crippen molar-refractivity contribution in [2.75, 3.05) is 5.32 Å². The maximum atomic E-state index is 11.4. The fourth-order valence-corrected chi connectivity index (χ4v) is 2.52. The summed E-state index contributed by atoms with van der Waals surface area (Å²) in [4.78, 5) is 15.6. The highest BCUT2D eigenvalue weighted by molar-refractivity contribution is 5.95. The number of aryl methyl sites for hydroxylation is 2. The lowest BCUT2D eigenvalue weighted by atomic mass is 10.1. The minimum Gasteiger partial charge on any atom is -0.478 e. The first kappa shape index (κ1) is 13.8. The number of pyridine rings is 1. The molecule has 0 spiro atoms. The van der Waals surface area contributed by atoms with Crippen LogP contribution in [0.4, 0.5) is 5.69 Å². The molecule has 1 heterocycles. The van der Waals surface area contributed by atoms with Crippen LogP contribution in [-0.2, 0) is 0 Å². The first-order chi connectivity index (χ1) is 9.01. The van der Waals surface area contributed by atoms with E-state index in [-0.39, 0.29) is 0 Å². The van der Waals surface area contributed by atoms with E-state index in [1.807, 2.05) is 13.0 Å². The molecule has 1 fully saturated rings. The monoisotopic (exact) mass is 262 g/mol. The normalized spacial score (nSPS) is 16.2. The number of aromatic carboxylic acids is 1. The number of anilines is 1. The molecule has 0 aliphatic heterocycles. The summed E-state index contributed by atoms with van der Waals surface area (Å²) in [5.74, 6) is -0.0801. The number of aromatic nitrogens is 1. The van der Waals surface area contributed by atoms with E-state index >= 15 is 0 Å². The molecule has 1 aliphatic rings. The molecule has 0 saturated heterocycles. The predicted molar refractivity (Wildman–Crippen MR) is 75.7 cm³/mol. The highest BCUT2D eigenvalue weighted by Crippen LogP contribution is 2.35. The van der Waals surface area contributed by atoms with E-state index in [2.05, 4.69) is 17.2 Å².